The quantitative estimate of drug-likeness (QED) is 0.310. The molecule has 1 unspecified atom stereocenters. The van der Waals surface area contributed by atoms with Gasteiger partial charge in [0.05, 0.1) is 24.4 Å². The lowest BCUT2D eigenvalue weighted by Crippen LogP contribution is -2.79. The van der Waals surface area contributed by atoms with Crippen molar-refractivity contribution in [1.82, 2.24) is 20.9 Å². The molecule has 0 aromatic carbocycles. The fourth-order valence-electron chi connectivity index (χ4n) is 5.07. The van der Waals surface area contributed by atoms with Crippen LogP contribution in [0.2, 0.25) is 0 Å². The average molecular weight is 439 g/mol. The molecule has 10 heteroatoms. The highest BCUT2D eigenvalue weighted by molar-refractivity contribution is 5.11. The van der Waals surface area contributed by atoms with Crippen LogP contribution in [0, 0.1) is 0 Å². The summed E-state index contributed by atoms with van der Waals surface area (Å²) in [6.07, 6.45) is 0.775. The van der Waals surface area contributed by atoms with Gasteiger partial charge < -0.3 is 45.5 Å². The smallest absolute Gasteiger partial charge is 0.249 e. The number of likely N-dealkylation sites (N-methyl/N-ethyl adjacent to an activating group) is 2. The van der Waals surface area contributed by atoms with Gasteiger partial charge in [-0.1, -0.05) is 6.07 Å². The molecule has 4 rings (SSSR count). The van der Waals surface area contributed by atoms with Gasteiger partial charge in [0.1, 0.15) is 11.7 Å². The number of ether oxygens (including phenoxy) is 3. The molecule has 3 aliphatic rings. The molecule has 1 aromatic heterocycles. The van der Waals surface area contributed by atoms with Crippen molar-refractivity contribution >= 4 is 0 Å². The van der Waals surface area contributed by atoms with Crippen LogP contribution < -0.4 is 16.0 Å². The van der Waals surface area contributed by atoms with Crippen LogP contribution in [0.1, 0.15) is 25.3 Å². The van der Waals surface area contributed by atoms with Crippen molar-refractivity contribution in [2.45, 2.75) is 80.5 Å². The molecule has 3 fully saturated rings. The predicted molar refractivity (Wildman–Crippen MR) is 111 cm³/mol. The molecular weight excluding hydrogens is 404 g/mol. The maximum atomic E-state index is 11.6. The van der Waals surface area contributed by atoms with Gasteiger partial charge in [-0.25, -0.2) is 0 Å². The molecule has 9 atom stereocenters. The molecule has 0 amide bonds. The number of aliphatic hydroxyl groups excluding tert-OH is 1. The van der Waals surface area contributed by atoms with E-state index in [1.165, 1.54) is 0 Å². The fourth-order valence-corrected chi connectivity index (χ4v) is 5.07. The molecular formula is C21H34N4O6. The van der Waals surface area contributed by atoms with Gasteiger partial charge in [-0.05, 0) is 39.1 Å². The molecule has 174 valence electrons. The monoisotopic (exact) mass is 438 g/mol. The molecule has 0 radical (unpaired) electrons. The highest BCUT2D eigenvalue weighted by Crippen LogP contribution is 2.46. The summed E-state index contributed by atoms with van der Waals surface area (Å²) >= 11 is 0. The van der Waals surface area contributed by atoms with Crippen molar-refractivity contribution in [3.8, 4) is 0 Å². The molecule has 6 N–H and O–H groups in total. The van der Waals surface area contributed by atoms with E-state index in [9.17, 15) is 15.3 Å². The predicted octanol–water partition coefficient (Wildman–Crippen LogP) is -1.55. The van der Waals surface area contributed by atoms with E-state index in [4.69, 9.17) is 14.2 Å². The number of hydrogen-bond acceptors (Lipinski definition) is 10. The summed E-state index contributed by atoms with van der Waals surface area (Å²) in [5.74, 6) is -2.09. The zero-order chi connectivity index (χ0) is 22.2. The van der Waals surface area contributed by atoms with Gasteiger partial charge in [0.2, 0.25) is 12.1 Å². The summed E-state index contributed by atoms with van der Waals surface area (Å²) in [4.78, 5) is 4.09. The van der Waals surface area contributed by atoms with Gasteiger partial charge in [-0.3, -0.25) is 4.98 Å². The summed E-state index contributed by atoms with van der Waals surface area (Å²) in [6.45, 7) is 2.37. The minimum atomic E-state index is -2.09. The summed E-state index contributed by atoms with van der Waals surface area (Å²) in [7, 11) is 3.51. The minimum absolute atomic E-state index is 0.0647. The molecule has 3 heterocycles. The first-order valence-electron chi connectivity index (χ1n) is 10.9. The van der Waals surface area contributed by atoms with Crippen LogP contribution in [-0.2, 0) is 20.8 Å². The molecule has 1 saturated carbocycles. The lowest BCUT2D eigenvalue weighted by molar-refractivity contribution is -0.477. The van der Waals surface area contributed by atoms with Crippen molar-refractivity contribution in [3.63, 3.8) is 0 Å². The van der Waals surface area contributed by atoms with Crippen molar-refractivity contribution in [1.29, 1.82) is 0 Å². The Kier molecular flexibility index (Phi) is 6.64. The molecule has 0 bridgehead atoms. The lowest BCUT2D eigenvalue weighted by atomic mass is 9.79. The highest BCUT2D eigenvalue weighted by atomic mass is 16.8. The van der Waals surface area contributed by atoms with E-state index < -0.39 is 42.0 Å². The van der Waals surface area contributed by atoms with Crippen molar-refractivity contribution in [2.75, 3.05) is 20.6 Å². The van der Waals surface area contributed by atoms with E-state index in [-0.39, 0.29) is 25.1 Å². The van der Waals surface area contributed by atoms with E-state index in [1.54, 1.807) is 26.5 Å². The van der Waals surface area contributed by atoms with Crippen LogP contribution in [0.3, 0.4) is 0 Å². The highest BCUT2D eigenvalue weighted by Gasteiger charge is 2.67. The third kappa shape index (κ3) is 4.12. The molecule has 31 heavy (non-hydrogen) atoms. The first-order chi connectivity index (χ1) is 14.8. The molecule has 1 aliphatic carbocycles. The van der Waals surface area contributed by atoms with E-state index in [0.29, 0.717) is 13.0 Å². The van der Waals surface area contributed by atoms with E-state index in [0.717, 1.165) is 5.56 Å². The zero-order valence-corrected chi connectivity index (χ0v) is 18.2. The summed E-state index contributed by atoms with van der Waals surface area (Å²) in [6, 6.07) is 3.08. The van der Waals surface area contributed by atoms with Gasteiger partial charge in [0, 0.05) is 37.9 Å². The second kappa shape index (κ2) is 8.97. The summed E-state index contributed by atoms with van der Waals surface area (Å²) in [5, 5.41) is 43.3. The first-order valence-corrected chi connectivity index (χ1v) is 10.9. The summed E-state index contributed by atoms with van der Waals surface area (Å²) in [5.41, 5.74) is -0.703. The van der Waals surface area contributed by atoms with E-state index >= 15 is 0 Å². The number of hydrogen-bond donors (Lipinski definition) is 6. The maximum absolute atomic E-state index is 11.6. The maximum Gasteiger partial charge on any atom is 0.249 e. The van der Waals surface area contributed by atoms with Gasteiger partial charge >= 0.3 is 0 Å². The number of aromatic nitrogens is 1. The van der Waals surface area contributed by atoms with Crippen molar-refractivity contribution in [3.05, 3.63) is 30.1 Å². The van der Waals surface area contributed by atoms with E-state index in [1.807, 2.05) is 19.1 Å². The molecule has 10 nitrogen and oxygen atoms in total. The summed E-state index contributed by atoms with van der Waals surface area (Å²) < 4.78 is 18.2. The van der Waals surface area contributed by atoms with E-state index in [2.05, 4.69) is 20.9 Å². The van der Waals surface area contributed by atoms with Gasteiger partial charge in [-0.15, -0.1) is 0 Å². The zero-order valence-electron chi connectivity index (χ0n) is 18.2. The number of pyridine rings is 1. The lowest BCUT2D eigenvalue weighted by Gasteiger charge is -2.59. The number of aliphatic hydroxyl groups is 3. The van der Waals surface area contributed by atoms with Crippen LogP contribution in [0.5, 0.6) is 0 Å². The standard InChI is InChI=1S/C21H34N4O6/c1-12-8-20(27,11-25-10-13-5-4-6-24-9-13)21(28)19(29-12)30-15-7-14(22-2)17(26)16(23-3)18(15)31-21/h4-6,9,12,14-19,22-23,25-28H,7-8,10-11H2,1-3H3/t12-,14+,15?,16+,17+,18+,19+,20-,21-/m1/s1. The SMILES string of the molecule is CN[C@H]1[C@@H](O)[C@@H](NC)CC2O[C@@H]3O[C@H](C)C[C@@](O)(CNCc4cccnc4)[C@]3(O)O[C@@H]21. The number of fused-ring (bicyclic) bond motifs is 2. The Morgan fingerprint density at radius 1 is 1.23 bits per heavy atom. The Bertz CT molecular complexity index is 744. The third-order valence-electron chi connectivity index (χ3n) is 6.74. The van der Waals surface area contributed by atoms with Crippen LogP contribution in [0.4, 0.5) is 0 Å². The number of rotatable bonds is 6. The Balaban J connectivity index is 1.54. The Labute approximate surface area is 182 Å². The molecule has 2 aliphatic heterocycles. The Hall–Kier alpha value is -1.21. The fraction of sp³-hybridized carbons (Fsp3) is 0.762. The second-order valence-electron chi connectivity index (χ2n) is 8.87. The van der Waals surface area contributed by atoms with Crippen molar-refractivity contribution < 1.29 is 29.5 Å². The Morgan fingerprint density at radius 3 is 2.71 bits per heavy atom. The van der Waals surface area contributed by atoms with Crippen LogP contribution in [0.25, 0.3) is 0 Å². The third-order valence-corrected chi connectivity index (χ3v) is 6.74. The normalized spacial score (nSPS) is 45.0. The van der Waals surface area contributed by atoms with Gasteiger partial charge in [0.15, 0.2) is 0 Å². The first kappa shape index (κ1) is 23.0. The number of nitrogens with zero attached hydrogens (tertiary/aromatic N) is 1. The average Bonchev–Trinajstić information content (AvgIpc) is 2.74. The molecule has 0 spiro atoms. The van der Waals surface area contributed by atoms with Gasteiger partial charge in [0.25, 0.3) is 0 Å². The van der Waals surface area contributed by atoms with Gasteiger partial charge in [-0.2, -0.15) is 0 Å². The second-order valence-corrected chi connectivity index (χ2v) is 8.87. The van der Waals surface area contributed by atoms with Crippen LogP contribution in [0.15, 0.2) is 24.5 Å². The molecule has 1 aromatic rings. The minimum Gasteiger partial charge on any atom is -0.390 e. The Morgan fingerprint density at radius 2 is 2.03 bits per heavy atom. The van der Waals surface area contributed by atoms with Crippen LogP contribution >= 0.6 is 0 Å². The molecule has 2 saturated heterocycles. The largest absolute Gasteiger partial charge is 0.390 e. The van der Waals surface area contributed by atoms with Crippen molar-refractivity contribution in [2.24, 2.45) is 0 Å². The number of nitrogens with one attached hydrogen (secondary N) is 3. The van der Waals surface area contributed by atoms with Crippen LogP contribution in [-0.4, -0.2) is 95.1 Å². The topological polar surface area (TPSA) is 137 Å².